The number of benzene rings is 1. The zero-order chi connectivity index (χ0) is 11.8. The van der Waals surface area contributed by atoms with Crippen molar-refractivity contribution in [3.05, 3.63) is 35.4 Å². The van der Waals surface area contributed by atoms with Crippen molar-refractivity contribution >= 4 is 0 Å². The molecule has 0 aromatic heterocycles. The molecule has 3 N–H and O–H groups in total. The van der Waals surface area contributed by atoms with E-state index in [2.05, 4.69) is 26.0 Å². The molecule has 0 amide bonds. The van der Waals surface area contributed by atoms with Gasteiger partial charge in [0.2, 0.25) is 0 Å². The number of aliphatic hydroxyl groups is 1. The van der Waals surface area contributed by atoms with Crippen LogP contribution in [-0.4, -0.2) is 11.1 Å². The Balaban J connectivity index is 2.16. The molecule has 2 nitrogen and oxygen atoms in total. The maximum absolute atomic E-state index is 10.3. The van der Waals surface area contributed by atoms with Gasteiger partial charge in [0.15, 0.2) is 0 Å². The minimum absolute atomic E-state index is 0.166. The first-order chi connectivity index (χ1) is 7.49. The summed E-state index contributed by atoms with van der Waals surface area (Å²) in [6.45, 7) is 4.42. The van der Waals surface area contributed by atoms with Crippen molar-refractivity contribution < 1.29 is 5.11 Å². The Labute approximate surface area is 97.5 Å². The first-order valence-electron chi connectivity index (χ1n) is 6.07. The van der Waals surface area contributed by atoms with Crippen LogP contribution in [0.15, 0.2) is 24.3 Å². The SMILES string of the molecule is CC(C)Cc1cccc(C2(O)CC(N)C2)c1. The summed E-state index contributed by atoms with van der Waals surface area (Å²) in [6, 6.07) is 8.47. The van der Waals surface area contributed by atoms with Crippen molar-refractivity contribution in [2.24, 2.45) is 11.7 Å². The first kappa shape index (κ1) is 11.6. The molecular weight excluding hydrogens is 198 g/mol. The van der Waals surface area contributed by atoms with Crippen molar-refractivity contribution in [1.82, 2.24) is 0 Å². The third kappa shape index (κ3) is 2.28. The Kier molecular flexibility index (Phi) is 3.04. The number of hydrogen-bond acceptors (Lipinski definition) is 2. The van der Waals surface area contributed by atoms with Gasteiger partial charge in [0.1, 0.15) is 0 Å². The second kappa shape index (κ2) is 4.19. The van der Waals surface area contributed by atoms with Crippen LogP contribution < -0.4 is 5.73 Å². The second-order valence-corrected chi connectivity index (χ2v) is 5.50. The molecule has 0 bridgehead atoms. The minimum atomic E-state index is -0.660. The van der Waals surface area contributed by atoms with E-state index in [1.165, 1.54) is 5.56 Å². The number of hydrogen-bond donors (Lipinski definition) is 2. The summed E-state index contributed by atoms with van der Waals surface area (Å²) in [5, 5.41) is 10.3. The topological polar surface area (TPSA) is 46.2 Å². The first-order valence-corrected chi connectivity index (χ1v) is 6.07. The molecule has 1 aliphatic rings. The van der Waals surface area contributed by atoms with Crippen molar-refractivity contribution in [2.75, 3.05) is 0 Å². The van der Waals surface area contributed by atoms with E-state index in [4.69, 9.17) is 5.73 Å². The van der Waals surface area contributed by atoms with E-state index >= 15 is 0 Å². The van der Waals surface area contributed by atoms with Crippen LogP contribution in [0, 0.1) is 5.92 Å². The molecule has 1 aliphatic carbocycles. The molecule has 0 radical (unpaired) electrons. The lowest BCUT2D eigenvalue weighted by atomic mass is 9.71. The fourth-order valence-electron chi connectivity index (χ4n) is 2.50. The monoisotopic (exact) mass is 219 g/mol. The van der Waals surface area contributed by atoms with Crippen molar-refractivity contribution in [2.45, 2.75) is 44.8 Å². The molecular formula is C14H21NO. The van der Waals surface area contributed by atoms with Crippen molar-refractivity contribution in [3.63, 3.8) is 0 Å². The Morgan fingerprint density at radius 3 is 2.69 bits per heavy atom. The van der Waals surface area contributed by atoms with E-state index in [9.17, 15) is 5.11 Å². The van der Waals surface area contributed by atoms with Crippen molar-refractivity contribution in [1.29, 1.82) is 0 Å². The standard InChI is InChI=1S/C14H21NO/c1-10(2)6-11-4-3-5-12(7-11)14(16)8-13(15)9-14/h3-5,7,10,13,16H,6,8-9,15H2,1-2H3. The van der Waals surface area contributed by atoms with E-state index in [1.807, 2.05) is 12.1 Å². The second-order valence-electron chi connectivity index (χ2n) is 5.50. The van der Waals surface area contributed by atoms with E-state index in [0.717, 1.165) is 12.0 Å². The van der Waals surface area contributed by atoms with Gasteiger partial charge in [-0.1, -0.05) is 38.1 Å². The number of nitrogens with two attached hydrogens (primary N) is 1. The average Bonchev–Trinajstić information content (AvgIpc) is 2.15. The molecule has 88 valence electrons. The molecule has 0 saturated heterocycles. The molecule has 1 saturated carbocycles. The van der Waals surface area contributed by atoms with Gasteiger partial charge < -0.3 is 10.8 Å². The highest BCUT2D eigenvalue weighted by atomic mass is 16.3. The van der Waals surface area contributed by atoms with Gasteiger partial charge in [-0.25, -0.2) is 0 Å². The average molecular weight is 219 g/mol. The summed E-state index contributed by atoms with van der Waals surface area (Å²) in [5.41, 5.74) is 7.43. The molecule has 0 atom stereocenters. The van der Waals surface area contributed by atoms with Crippen LogP contribution in [0.1, 0.15) is 37.8 Å². The quantitative estimate of drug-likeness (QED) is 0.818. The fraction of sp³-hybridized carbons (Fsp3) is 0.571. The lowest BCUT2D eigenvalue weighted by molar-refractivity contribution is -0.0523. The smallest absolute Gasteiger partial charge is 0.0926 e. The zero-order valence-corrected chi connectivity index (χ0v) is 10.1. The lowest BCUT2D eigenvalue weighted by Gasteiger charge is -2.42. The summed E-state index contributed by atoms with van der Waals surface area (Å²) in [6.07, 6.45) is 2.45. The van der Waals surface area contributed by atoms with Crippen LogP contribution in [0.2, 0.25) is 0 Å². The summed E-state index contributed by atoms with van der Waals surface area (Å²) < 4.78 is 0. The maximum Gasteiger partial charge on any atom is 0.0926 e. The molecule has 0 heterocycles. The Hall–Kier alpha value is -0.860. The van der Waals surface area contributed by atoms with E-state index in [-0.39, 0.29) is 6.04 Å². The highest BCUT2D eigenvalue weighted by Crippen LogP contribution is 2.40. The summed E-state index contributed by atoms with van der Waals surface area (Å²) >= 11 is 0. The predicted octanol–water partition coefficient (Wildman–Crippen LogP) is 2.19. The van der Waals surface area contributed by atoms with Crippen LogP contribution in [-0.2, 0) is 12.0 Å². The largest absolute Gasteiger partial charge is 0.385 e. The Morgan fingerprint density at radius 1 is 1.44 bits per heavy atom. The molecule has 1 aromatic carbocycles. The highest BCUT2D eigenvalue weighted by Gasteiger charge is 2.42. The van der Waals surface area contributed by atoms with Gasteiger partial charge in [-0.3, -0.25) is 0 Å². The third-order valence-electron chi connectivity index (χ3n) is 3.31. The normalized spacial score (nSPS) is 29.2. The van der Waals surface area contributed by atoms with E-state index < -0.39 is 5.60 Å². The maximum atomic E-state index is 10.3. The van der Waals surface area contributed by atoms with Crippen LogP contribution >= 0.6 is 0 Å². The van der Waals surface area contributed by atoms with E-state index in [1.54, 1.807) is 0 Å². The van der Waals surface area contributed by atoms with Gasteiger partial charge in [0.25, 0.3) is 0 Å². The molecule has 2 heteroatoms. The molecule has 0 spiro atoms. The minimum Gasteiger partial charge on any atom is -0.385 e. The molecule has 1 fully saturated rings. The van der Waals surface area contributed by atoms with Crippen LogP contribution in [0.3, 0.4) is 0 Å². The van der Waals surface area contributed by atoms with Gasteiger partial charge in [0.05, 0.1) is 5.60 Å². The third-order valence-corrected chi connectivity index (χ3v) is 3.31. The zero-order valence-electron chi connectivity index (χ0n) is 10.1. The van der Waals surface area contributed by atoms with E-state index in [0.29, 0.717) is 18.8 Å². The molecule has 16 heavy (non-hydrogen) atoms. The lowest BCUT2D eigenvalue weighted by Crippen LogP contribution is -2.49. The van der Waals surface area contributed by atoms with Gasteiger partial charge >= 0.3 is 0 Å². The predicted molar refractivity (Wildman–Crippen MR) is 66.1 cm³/mol. The molecule has 0 unspecified atom stereocenters. The van der Waals surface area contributed by atoms with Gasteiger partial charge in [-0.15, -0.1) is 0 Å². The summed E-state index contributed by atoms with van der Waals surface area (Å²) in [5.74, 6) is 0.647. The molecule has 0 aliphatic heterocycles. The van der Waals surface area contributed by atoms with Crippen molar-refractivity contribution in [3.8, 4) is 0 Å². The van der Waals surface area contributed by atoms with Crippen LogP contribution in [0.5, 0.6) is 0 Å². The Bertz CT molecular complexity index is 367. The summed E-state index contributed by atoms with van der Waals surface area (Å²) in [4.78, 5) is 0. The summed E-state index contributed by atoms with van der Waals surface area (Å²) in [7, 11) is 0. The molecule has 1 aromatic rings. The van der Waals surface area contributed by atoms with Gasteiger partial charge in [-0.05, 0) is 36.3 Å². The fourth-order valence-corrected chi connectivity index (χ4v) is 2.50. The van der Waals surface area contributed by atoms with Crippen LogP contribution in [0.25, 0.3) is 0 Å². The van der Waals surface area contributed by atoms with Gasteiger partial charge in [0, 0.05) is 6.04 Å². The number of rotatable bonds is 3. The highest BCUT2D eigenvalue weighted by molar-refractivity contribution is 5.31. The Morgan fingerprint density at radius 2 is 2.12 bits per heavy atom. The van der Waals surface area contributed by atoms with Crippen LogP contribution in [0.4, 0.5) is 0 Å². The molecule has 2 rings (SSSR count). The van der Waals surface area contributed by atoms with Gasteiger partial charge in [-0.2, -0.15) is 0 Å².